The number of urea groups is 1. The molecule has 0 heterocycles. The molecule has 0 aromatic heterocycles. The zero-order valence-electron chi connectivity index (χ0n) is 14.2. The van der Waals surface area contributed by atoms with E-state index in [0.29, 0.717) is 11.1 Å². The van der Waals surface area contributed by atoms with E-state index in [0.717, 1.165) is 24.3 Å². The summed E-state index contributed by atoms with van der Waals surface area (Å²) >= 11 is 0. The van der Waals surface area contributed by atoms with Crippen LogP contribution in [0.25, 0.3) is 0 Å². The molecule has 6 nitrogen and oxygen atoms in total. The first kappa shape index (κ1) is 16.8. The van der Waals surface area contributed by atoms with Crippen LogP contribution in [0.3, 0.4) is 0 Å². The van der Waals surface area contributed by atoms with Crippen molar-refractivity contribution in [1.29, 1.82) is 0 Å². The Balaban J connectivity index is 1.34. The van der Waals surface area contributed by atoms with Gasteiger partial charge < -0.3 is 10.6 Å². The van der Waals surface area contributed by atoms with Crippen LogP contribution in [0.4, 0.5) is 10.5 Å². The largest absolute Gasteiger partial charge is 0.337 e. The molecule has 0 atom stereocenters. The van der Waals surface area contributed by atoms with Gasteiger partial charge in [0.15, 0.2) is 0 Å². The molecule has 0 saturated heterocycles. The molecule has 4 aliphatic rings. The minimum Gasteiger partial charge on any atom is -0.337 e. The molecular weight excluding hydrogens is 338 g/mol. The topological polar surface area (TPSA) is 101 Å². The van der Waals surface area contributed by atoms with Crippen LogP contribution in [0, 0.1) is 23.2 Å². The second-order valence-electron chi connectivity index (χ2n) is 8.29. The van der Waals surface area contributed by atoms with E-state index in [2.05, 4.69) is 10.6 Å². The van der Waals surface area contributed by atoms with Crippen LogP contribution < -0.4 is 15.8 Å². The maximum atomic E-state index is 12.2. The zero-order valence-corrected chi connectivity index (χ0v) is 15.0. The van der Waals surface area contributed by atoms with Crippen molar-refractivity contribution in [2.24, 2.45) is 28.3 Å². The van der Waals surface area contributed by atoms with Crippen LogP contribution in [0.15, 0.2) is 29.2 Å². The van der Waals surface area contributed by atoms with Gasteiger partial charge in [-0.25, -0.2) is 18.4 Å². The standard InChI is InChI=1S/C18H25N3O3S/c19-25(23,24)16-3-1-15(2-4-16)21-17(22)20-11-18-8-12-5-13(9-18)7-14(6-12)10-18/h1-4,12-14H,5-11H2,(H2,19,23,24)(H2,20,21,22). The van der Waals surface area contributed by atoms with Crippen molar-refractivity contribution in [3.63, 3.8) is 0 Å². The van der Waals surface area contributed by atoms with E-state index in [9.17, 15) is 13.2 Å². The second-order valence-corrected chi connectivity index (χ2v) is 9.86. The first-order valence-corrected chi connectivity index (χ1v) is 10.5. The number of carbonyl (C=O) groups is 1. The first-order valence-electron chi connectivity index (χ1n) is 8.99. The summed E-state index contributed by atoms with van der Waals surface area (Å²) < 4.78 is 22.5. The monoisotopic (exact) mass is 363 g/mol. The maximum absolute atomic E-state index is 12.2. The van der Waals surface area contributed by atoms with E-state index < -0.39 is 10.0 Å². The molecule has 2 amide bonds. The van der Waals surface area contributed by atoms with Crippen molar-refractivity contribution in [3.8, 4) is 0 Å². The van der Waals surface area contributed by atoms with Crippen LogP contribution in [-0.4, -0.2) is 21.0 Å². The Hall–Kier alpha value is -1.60. The van der Waals surface area contributed by atoms with Crippen LogP contribution in [-0.2, 0) is 10.0 Å². The minimum atomic E-state index is -3.71. The average molecular weight is 363 g/mol. The smallest absolute Gasteiger partial charge is 0.319 e. The molecular formula is C18H25N3O3S. The van der Waals surface area contributed by atoms with Gasteiger partial charge in [0, 0.05) is 12.2 Å². The molecule has 25 heavy (non-hydrogen) atoms. The van der Waals surface area contributed by atoms with E-state index >= 15 is 0 Å². The minimum absolute atomic E-state index is 0.0343. The summed E-state index contributed by atoms with van der Waals surface area (Å²) in [4.78, 5) is 12.3. The molecule has 0 aliphatic heterocycles. The summed E-state index contributed by atoms with van der Waals surface area (Å²) in [6, 6.07) is 5.64. The maximum Gasteiger partial charge on any atom is 0.319 e. The lowest BCUT2D eigenvalue weighted by Gasteiger charge is -2.56. The molecule has 4 fully saturated rings. The summed E-state index contributed by atoms with van der Waals surface area (Å²) in [5.74, 6) is 2.59. The molecule has 4 N–H and O–H groups in total. The molecule has 0 radical (unpaired) electrons. The van der Waals surface area contributed by atoms with Gasteiger partial charge >= 0.3 is 6.03 Å². The third-order valence-electron chi connectivity index (χ3n) is 6.23. The fraction of sp³-hybridized carbons (Fsp3) is 0.611. The van der Waals surface area contributed by atoms with Crippen LogP contribution in [0.2, 0.25) is 0 Å². The van der Waals surface area contributed by atoms with Gasteiger partial charge in [-0.2, -0.15) is 0 Å². The third-order valence-corrected chi connectivity index (χ3v) is 7.16. The molecule has 4 aliphatic carbocycles. The van der Waals surface area contributed by atoms with Crippen molar-refractivity contribution in [1.82, 2.24) is 5.32 Å². The lowest BCUT2D eigenvalue weighted by molar-refractivity contribution is -0.0496. The Morgan fingerprint density at radius 3 is 2.04 bits per heavy atom. The lowest BCUT2D eigenvalue weighted by Crippen LogP contribution is -2.51. The highest BCUT2D eigenvalue weighted by atomic mass is 32.2. The van der Waals surface area contributed by atoms with Gasteiger partial charge in [-0.1, -0.05) is 0 Å². The van der Waals surface area contributed by atoms with Crippen LogP contribution in [0.1, 0.15) is 38.5 Å². The van der Waals surface area contributed by atoms with Crippen molar-refractivity contribution < 1.29 is 13.2 Å². The van der Waals surface area contributed by atoms with E-state index in [1.807, 2.05) is 0 Å². The quantitative estimate of drug-likeness (QED) is 0.766. The molecule has 0 unspecified atom stereocenters. The number of rotatable bonds is 4. The van der Waals surface area contributed by atoms with Gasteiger partial charge in [0.2, 0.25) is 10.0 Å². The summed E-state index contributed by atoms with van der Waals surface area (Å²) in [6.45, 7) is 0.734. The van der Waals surface area contributed by atoms with E-state index in [1.165, 1.54) is 50.7 Å². The van der Waals surface area contributed by atoms with Gasteiger partial charge in [-0.3, -0.25) is 0 Å². The Kier molecular flexibility index (Phi) is 4.03. The summed E-state index contributed by atoms with van der Waals surface area (Å²) in [6.07, 6.45) is 7.93. The van der Waals surface area contributed by atoms with E-state index in [1.54, 1.807) is 12.1 Å². The Labute approximate surface area is 148 Å². The molecule has 136 valence electrons. The van der Waals surface area contributed by atoms with Gasteiger partial charge in [-0.05, 0) is 86.0 Å². The number of nitrogens with two attached hydrogens (primary N) is 1. The van der Waals surface area contributed by atoms with Crippen LogP contribution >= 0.6 is 0 Å². The van der Waals surface area contributed by atoms with Crippen molar-refractivity contribution >= 4 is 21.7 Å². The summed E-state index contributed by atoms with van der Waals surface area (Å²) in [5.41, 5.74) is 0.847. The van der Waals surface area contributed by atoms with E-state index in [-0.39, 0.29) is 10.9 Å². The van der Waals surface area contributed by atoms with Gasteiger partial charge in [0.25, 0.3) is 0 Å². The van der Waals surface area contributed by atoms with Gasteiger partial charge in [0.05, 0.1) is 4.90 Å². The number of amides is 2. The Morgan fingerprint density at radius 1 is 1.04 bits per heavy atom. The number of hydrogen-bond donors (Lipinski definition) is 3. The number of benzene rings is 1. The predicted molar refractivity (Wildman–Crippen MR) is 95.4 cm³/mol. The Bertz CT molecular complexity index is 738. The normalized spacial score (nSPS) is 33.2. The Morgan fingerprint density at radius 2 is 1.56 bits per heavy atom. The number of anilines is 1. The number of hydrogen-bond acceptors (Lipinski definition) is 3. The van der Waals surface area contributed by atoms with Crippen molar-refractivity contribution in [2.45, 2.75) is 43.4 Å². The number of nitrogens with one attached hydrogen (secondary N) is 2. The van der Waals surface area contributed by atoms with Gasteiger partial charge in [0.1, 0.15) is 0 Å². The fourth-order valence-corrected chi connectivity index (χ4v) is 6.19. The highest BCUT2D eigenvalue weighted by Crippen LogP contribution is 2.59. The number of carbonyl (C=O) groups excluding carboxylic acids is 1. The molecule has 5 rings (SSSR count). The third kappa shape index (κ3) is 3.53. The lowest BCUT2D eigenvalue weighted by atomic mass is 9.49. The molecule has 1 aromatic rings. The highest BCUT2D eigenvalue weighted by Gasteiger charge is 2.50. The first-order chi connectivity index (χ1) is 11.8. The zero-order chi connectivity index (χ0) is 17.7. The van der Waals surface area contributed by atoms with E-state index in [4.69, 9.17) is 5.14 Å². The van der Waals surface area contributed by atoms with Crippen LogP contribution in [0.5, 0.6) is 0 Å². The number of sulfonamides is 1. The predicted octanol–water partition coefficient (Wildman–Crippen LogP) is 2.67. The molecule has 0 spiro atoms. The van der Waals surface area contributed by atoms with Crippen molar-refractivity contribution in [3.05, 3.63) is 24.3 Å². The summed E-state index contributed by atoms with van der Waals surface area (Å²) in [5, 5.41) is 10.9. The average Bonchev–Trinajstić information content (AvgIpc) is 2.51. The molecule has 1 aromatic carbocycles. The second kappa shape index (κ2) is 5.99. The number of primary sulfonamides is 1. The molecule has 4 bridgehead atoms. The fourth-order valence-electron chi connectivity index (χ4n) is 5.68. The molecule has 4 saturated carbocycles. The van der Waals surface area contributed by atoms with Gasteiger partial charge in [-0.15, -0.1) is 0 Å². The molecule has 7 heteroatoms. The highest BCUT2D eigenvalue weighted by molar-refractivity contribution is 7.89. The summed E-state index contributed by atoms with van der Waals surface area (Å²) in [7, 11) is -3.71. The van der Waals surface area contributed by atoms with Crippen molar-refractivity contribution in [2.75, 3.05) is 11.9 Å². The SMILES string of the molecule is NS(=O)(=O)c1ccc(NC(=O)NCC23CC4CC(CC(C4)C2)C3)cc1.